The highest BCUT2D eigenvalue weighted by Crippen LogP contribution is 2.26. The van der Waals surface area contributed by atoms with E-state index >= 15 is 0 Å². The Hall–Kier alpha value is -1.40. The number of carbonyl (C=O) groups is 2. The van der Waals surface area contributed by atoms with E-state index in [1.807, 2.05) is 31.2 Å². The molecule has 2 amide bonds. The third-order valence-electron chi connectivity index (χ3n) is 3.32. The Morgan fingerprint density at radius 3 is 2.57 bits per heavy atom. The van der Waals surface area contributed by atoms with Crippen LogP contribution >= 0.6 is 24.0 Å². The molecule has 0 aliphatic carbocycles. The quantitative estimate of drug-likeness (QED) is 0.847. The molecule has 1 unspecified atom stereocenters. The zero-order chi connectivity index (χ0) is 15.4. The Labute approximate surface area is 134 Å². The molecule has 1 aliphatic heterocycles. The Kier molecular flexibility index (Phi) is 5.36. The minimum absolute atomic E-state index is 0.00917. The van der Waals surface area contributed by atoms with Gasteiger partial charge in [0.1, 0.15) is 4.32 Å². The fourth-order valence-electron chi connectivity index (χ4n) is 2.04. The fraction of sp³-hybridized carbons (Fsp3) is 0.400. The van der Waals surface area contributed by atoms with Gasteiger partial charge >= 0.3 is 0 Å². The van der Waals surface area contributed by atoms with Crippen molar-refractivity contribution >= 4 is 45.8 Å². The fourth-order valence-corrected chi connectivity index (χ4v) is 3.49. The first-order valence-electron chi connectivity index (χ1n) is 6.92. The minimum atomic E-state index is -0.137. The standard InChI is InChI=1S/C15H18N2O2S2/c1-3-11-4-6-12(7-5-11)16-13(18)8-9-17-14(19)10(2)21-15(17)20/h4-7,10H,3,8-9H2,1-2H3,(H,16,18). The van der Waals surface area contributed by atoms with Gasteiger partial charge in [0.25, 0.3) is 0 Å². The largest absolute Gasteiger partial charge is 0.326 e. The molecule has 0 aromatic heterocycles. The SMILES string of the molecule is CCc1ccc(NC(=O)CCN2C(=O)C(C)SC2=S)cc1. The predicted molar refractivity (Wildman–Crippen MR) is 90.4 cm³/mol. The third kappa shape index (κ3) is 4.04. The summed E-state index contributed by atoms with van der Waals surface area (Å²) in [4.78, 5) is 25.3. The van der Waals surface area contributed by atoms with Gasteiger partial charge in [-0.25, -0.2) is 0 Å². The Bertz CT molecular complexity index is 557. The highest BCUT2D eigenvalue weighted by Gasteiger charge is 2.33. The van der Waals surface area contributed by atoms with Crippen molar-refractivity contribution < 1.29 is 9.59 Å². The molecule has 4 nitrogen and oxygen atoms in total. The molecule has 0 radical (unpaired) electrons. The molecule has 1 aromatic rings. The van der Waals surface area contributed by atoms with Crippen molar-refractivity contribution in [2.24, 2.45) is 0 Å². The molecule has 0 saturated carbocycles. The molecule has 1 atom stereocenters. The highest BCUT2D eigenvalue weighted by molar-refractivity contribution is 8.24. The zero-order valence-corrected chi connectivity index (χ0v) is 13.7. The molecule has 112 valence electrons. The average Bonchev–Trinajstić information content (AvgIpc) is 2.71. The van der Waals surface area contributed by atoms with Crippen LogP contribution in [0.1, 0.15) is 25.8 Å². The number of amides is 2. The maximum absolute atomic E-state index is 11.9. The first kappa shape index (κ1) is 16.0. The van der Waals surface area contributed by atoms with Gasteiger partial charge in [-0.05, 0) is 31.0 Å². The first-order chi connectivity index (χ1) is 10.0. The number of hydrogen-bond acceptors (Lipinski definition) is 4. The molecular formula is C15H18N2O2S2. The van der Waals surface area contributed by atoms with Crippen LogP contribution in [0.25, 0.3) is 0 Å². The van der Waals surface area contributed by atoms with Crippen LogP contribution in [0, 0.1) is 0 Å². The summed E-state index contributed by atoms with van der Waals surface area (Å²) in [6.07, 6.45) is 1.22. The van der Waals surface area contributed by atoms with Gasteiger partial charge in [-0.3, -0.25) is 14.5 Å². The number of nitrogens with zero attached hydrogens (tertiary/aromatic N) is 1. The number of hydrogen-bond donors (Lipinski definition) is 1. The summed E-state index contributed by atoms with van der Waals surface area (Å²) in [5.74, 6) is -0.121. The molecule has 1 N–H and O–H groups in total. The van der Waals surface area contributed by atoms with Crippen molar-refractivity contribution in [3.63, 3.8) is 0 Å². The van der Waals surface area contributed by atoms with Gasteiger partial charge in [-0.1, -0.05) is 43.0 Å². The molecule has 2 rings (SSSR count). The lowest BCUT2D eigenvalue weighted by Gasteiger charge is -2.14. The number of carbonyl (C=O) groups excluding carboxylic acids is 2. The van der Waals surface area contributed by atoms with Crippen LogP contribution < -0.4 is 5.32 Å². The highest BCUT2D eigenvalue weighted by atomic mass is 32.2. The number of rotatable bonds is 5. The number of nitrogens with one attached hydrogen (secondary N) is 1. The third-order valence-corrected chi connectivity index (χ3v) is 4.81. The van der Waals surface area contributed by atoms with E-state index in [0.29, 0.717) is 10.9 Å². The molecule has 21 heavy (non-hydrogen) atoms. The van der Waals surface area contributed by atoms with E-state index in [9.17, 15) is 9.59 Å². The molecule has 1 saturated heterocycles. The number of thioether (sulfide) groups is 1. The van der Waals surface area contributed by atoms with Gasteiger partial charge in [0.05, 0.1) is 5.25 Å². The summed E-state index contributed by atoms with van der Waals surface area (Å²) in [5, 5.41) is 2.69. The summed E-state index contributed by atoms with van der Waals surface area (Å²) in [6.45, 7) is 4.26. The van der Waals surface area contributed by atoms with Crippen molar-refractivity contribution in [1.29, 1.82) is 0 Å². The minimum Gasteiger partial charge on any atom is -0.326 e. The zero-order valence-electron chi connectivity index (χ0n) is 12.1. The van der Waals surface area contributed by atoms with Gasteiger partial charge in [0.15, 0.2) is 0 Å². The van der Waals surface area contributed by atoms with Crippen molar-refractivity contribution in [2.45, 2.75) is 31.9 Å². The smallest absolute Gasteiger partial charge is 0.241 e. The van der Waals surface area contributed by atoms with Crippen LogP contribution in [-0.2, 0) is 16.0 Å². The van der Waals surface area contributed by atoms with E-state index in [2.05, 4.69) is 12.2 Å². The van der Waals surface area contributed by atoms with E-state index in [1.165, 1.54) is 22.2 Å². The van der Waals surface area contributed by atoms with Gasteiger partial charge in [-0.2, -0.15) is 0 Å². The van der Waals surface area contributed by atoms with Gasteiger partial charge in [0, 0.05) is 18.7 Å². The molecule has 1 aliphatic rings. The lowest BCUT2D eigenvalue weighted by molar-refractivity contribution is -0.126. The second kappa shape index (κ2) is 7.04. The molecule has 0 bridgehead atoms. The lowest BCUT2D eigenvalue weighted by Crippen LogP contribution is -2.33. The summed E-state index contributed by atoms with van der Waals surface area (Å²) >= 11 is 6.51. The lowest BCUT2D eigenvalue weighted by atomic mass is 10.1. The Morgan fingerprint density at radius 2 is 2.05 bits per heavy atom. The van der Waals surface area contributed by atoms with Crippen molar-refractivity contribution in [2.75, 3.05) is 11.9 Å². The first-order valence-corrected chi connectivity index (χ1v) is 8.21. The maximum atomic E-state index is 11.9. The summed E-state index contributed by atoms with van der Waals surface area (Å²) < 4.78 is 0.563. The Morgan fingerprint density at radius 1 is 1.38 bits per heavy atom. The monoisotopic (exact) mass is 322 g/mol. The van der Waals surface area contributed by atoms with Crippen molar-refractivity contribution in [3.05, 3.63) is 29.8 Å². The molecular weight excluding hydrogens is 304 g/mol. The number of anilines is 1. The summed E-state index contributed by atoms with van der Waals surface area (Å²) in [7, 11) is 0. The van der Waals surface area contributed by atoms with Crippen LogP contribution in [0.3, 0.4) is 0 Å². The Balaban J connectivity index is 1.84. The number of aryl methyl sites for hydroxylation is 1. The van der Waals surface area contributed by atoms with E-state index in [-0.39, 0.29) is 23.5 Å². The maximum Gasteiger partial charge on any atom is 0.241 e. The van der Waals surface area contributed by atoms with E-state index < -0.39 is 0 Å². The summed E-state index contributed by atoms with van der Waals surface area (Å²) in [6, 6.07) is 7.76. The van der Waals surface area contributed by atoms with Gasteiger partial charge in [-0.15, -0.1) is 0 Å². The van der Waals surface area contributed by atoms with Crippen LogP contribution in [0.5, 0.6) is 0 Å². The average molecular weight is 322 g/mol. The predicted octanol–water partition coefficient (Wildman–Crippen LogP) is 2.83. The van der Waals surface area contributed by atoms with Crippen LogP contribution in [0.15, 0.2) is 24.3 Å². The molecule has 1 aromatic carbocycles. The molecule has 1 heterocycles. The van der Waals surface area contributed by atoms with E-state index in [0.717, 1.165) is 12.1 Å². The van der Waals surface area contributed by atoms with Crippen LogP contribution in [0.2, 0.25) is 0 Å². The number of thiocarbonyl (C=S) groups is 1. The summed E-state index contributed by atoms with van der Waals surface area (Å²) in [5.41, 5.74) is 2.00. The van der Waals surface area contributed by atoms with Crippen molar-refractivity contribution in [1.82, 2.24) is 4.90 Å². The topological polar surface area (TPSA) is 49.4 Å². The number of benzene rings is 1. The second-order valence-electron chi connectivity index (χ2n) is 4.86. The second-order valence-corrected chi connectivity index (χ2v) is 6.84. The molecule has 6 heteroatoms. The van der Waals surface area contributed by atoms with Crippen LogP contribution in [-0.4, -0.2) is 32.8 Å². The van der Waals surface area contributed by atoms with E-state index in [4.69, 9.17) is 12.2 Å². The van der Waals surface area contributed by atoms with Crippen molar-refractivity contribution in [3.8, 4) is 0 Å². The molecule has 0 spiro atoms. The van der Waals surface area contributed by atoms with Gasteiger partial charge < -0.3 is 5.32 Å². The molecule has 1 fully saturated rings. The van der Waals surface area contributed by atoms with E-state index in [1.54, 1.807) is 0 Å². The van der Waals surface area contributed by atoms with Gasteiger partial charge in [0.2, 0.25) is 11.8 Å². The van der Waals surface area contributed by atoms with Crippen LogP contribution in [0.4, 0.5) is 5.69 Å². The normalized spacial score (nSPS) is 18.2.